The molecule has 0 heterocycles. The van der Waals surface area contributed by atoms with Crippen LogP contribution in [0.15, 0.2) is 24.3 Å². The molecule has 3 nitrogen and oxygen atoms in total. The lowest BCUT2D eigenvalue weighted by atomic mass is 10.1. The van der Waals surface area contributed by atoms with Crippen LogP contribution in [0.25, 0.3) is 0 Å². The first-order chi connectivity index (χ1) is 6.29. The second kappa shape index (κ2) is 8.53. The first-order valence-corrected chi connectivity index (χ1v) is 4.10. The third-order valence-corrected chi connectivity index (χ3v) is 1.74. The van der Waals surface area contributed by atoms with Gasteiger partial charge in [0.2, 0.25) is 0 Å². The Labute approximate surface area is 102 Å². The lowest BCUT2D eigenvalue weighted by Gasteiger charge is -2.05. The van der Waals surface area contributed by atoms with E-state index in [2.05, 4.69) is 5.32 Å². The minimum Gasteiger partial charge on any atom is -0.496 e. The highest BCUT2D eigenvalue weighted by atomic mass is 35.5. The van der Waals surface area contributed by atoms with Gasteiger partial charge in [0.1, 0.15) is 5.75 Å². The van der Waals surface area contributed by atoms with Crippen molar-refractivity contribution in [1.29, 1.82) is 0 Å². The minimum atomic E-state index is 0. The van der Waals surface area contributed by atoms with E-state index in [1.165, 1.54) is 0 Å². The van der Waals surface area contributed by atoms with E-state index in [-0.39, 0.29) is 30.6 Å². The van der Waals surface area contributed by atoms with Crippen LogP contribution < -0.4 is 10.1 Å². The Hall–Kier alpha value is -0.770. The van der Waals surface area contributed by atoms with Gasteiger partial charge in [-0.05, 0) is 19.2 Å². The van der Waals surface area contributed by atoms with E-state index in [9.17, 15) is 4.79 Å². The first kappa shape index (κ1) is 16.7. The van der Waals surface area contributed by atoms with Crippen LogP contribution in [-0.4, -0.2) is 26.5 Å². The largest absolute Gasteiger partial charge is 0.496 e. The van der Waals surface area contributed by atoms with Crippen LogP contribution in [-0.2, 0) is 0 Å². The van der Waals surface area contributed by atoms with E-state index in [0.717, 1.165) is 0 Å². The van der Waals surface area contributed by atoms with E-state index >= 15 is 0 Å². The number of hydrogen-bond acceptors (Lipinski definition) is 3. The van der Waals surface area contributed by atoms with Crippen LogP contribution >= 0.6 is 24.8 Å². The van der Waals surface area contributed by atoms with Crippen molar-refractivity contribution < 1.29 is 9.53 Å². The number of halogens is 2. The van der Waals surface area contributed by atoms with Crippen LogP contribution in [0.2, 0.25) is 0 Å². The summed E-state index contributed by atoms with van der Waals surface area (Å²) in [5.41, 5.74) is 0.624. The molecular formula is C10H15Cl2NO2. The zero-order valence-electron chi connectivity index (χ0n) is 8.65. The van der Waals surface area contributed by atoms with Gasteiger partial charge in [-0.1, -0.05) is 12.1 Å². The molecule has 1 aromatic rings. The molecule has 0 saturated heterocycles. The third-order valence-electron chi connectivity index (χ3n) is 1.74. The lowest BCUT2D eigenvalue weighted by molar-refractivity contribution is 0.0990. The predicted octanol–water partition coefficient (Wildman–Crippen LogP) is 1.94. The van der Waals surface area contributed by atoms with Crippen LogP contribution in [0.1, 0.15) is 10.4 Å². The molecule has 0 unspecified atom stereocenters. The van der Waals surface area contributed by atoms with Gasteiger partial charge in [0.25, 0.3) is 0 Å². The summed E-state index contributed by atoms with van der Waals surface area (Å²) in [5.74, 6) is 0.669. The van der Waals surface area contributed by atoms with Gasteiger partial charge in [0.15, 0.2) is 5.78 Å². The van der Waals surface area contributed by atoms with Crippen LogP contribution in [0.3, 0.4) is 0 Å². The van der Waals surface area contributed by atoms with Gasteiger partial charge in [0.05, 0.1) is 19.2 Å². The SMILES string of the molecule is CNCC(=O)c1ccccc1OC.Cl.Cl. The number of hydrogen-bond donors (Lipinski definition) is 1. The molecule has 0 aromatic heterocycles. The number of benzene rings is 1. The average molecular weight is 252 g/mol. The number of ketones is 1. The molecule has 0 amide bonds. The van der Waals surface area contributed by atoms with Crippen LogP contribution in [0.4, 0.5) is 0 Å². The summed E-state index contributed by atoms with van der Waals surface area (Å²) in [5, 5.41) is 2.81. The summed E-state index contributed by atoms with van der Waals surface area (Å²) in [4.78, 5) is 11.5. The fourth-order valence-corrected chi connectivity index (χ4v) is 1.13. The molecule has 5 heteroatoms. The fourth-order valence-electron chi connectivity index (χ4n) is 1.13. The summed E-state index contributed by atoms with van der Waals surface area (Å²) in [7, 11) is 3.30. The Morgan fingerprint density at radius 1 is 1.33 bits per heavy atom. The van der Waals surface area contributed by atoms with Crippen molar-refractivity contribution in [2.45, 2.75) is 0 Å². The van der Waals surface area contributed by atoms with Gasteiger partial charge in [0, 0.05) is 0 Å². The maximum Gasteiger partial charge on any atom is 0.180 e. The van der Waals surface area contributed by atoms with E-state index < -0.39 is 0 Å². The quantitative estimate of drug-likeness (QED) is 0.832. The number of likely N-dealkylation sites (N-methyl/N-ethyl adjacent to an activating group) is 1. The number of rotatable bonds is 4. The molecule has 1 aromatic carbocycles. The molecule has 0 aliphatic rings. The Kier molecular flexibility index (Phi) is 9.47. The topological polar surface area (TPSA) is 38.3 Å². The molecule has 15 heavy (non-hydrogen) atoms. The van der Waals surface area contributed by atoms with Crippen molar-refractivity contribution in [3.05, 3.63) is 29.8 Å². The maximum absolute atomic E-state index is 11.5. The van der Waals surface area contributed by atoms with Gasteiger partial charge < -0.3 is 10.1 Å². The summed E-state index contributed by atoms with van der Waals surface area (Å²) >= 11 is 0. The first-order valence-electron chi connectivity index (χ1n) is 4.10. The lowest BCUT2D eigenvalue weighted by Crippen LogP contribution is -2.19. The summed E-state index contributed by atoms with van der Waals surface area (Å²) < 4.78 is 5.06. The molecule has 0 aliphatic carbocycles. The minimum absolute atomic E-state index is 0. The predicted molar refractivity (Wildman–Crippen MR) is 65.7 cm³/mol. The van der Waals surface area contributed by atoms with Crippen molar-refractivity contribution >= 4 is 30.6 Å². The van der Waals surface area contributed by atoms with E-state index in [1.54, 1.807) is 26.3 Å². The van der Waals surface area contributed by atoms with Gasteiger partial charge in [-0.25, -0.2) is 0 Å². The van der Waals surface area contributed by atoms with Crippen molar-refractivity contribution in [2.24, 2.45) is 0 Å². The number of ether oxygens (including phenoxy) is 1. The normalized spacial score (nSPS) is 8.40. The molecule has 0 fully saturated rings. The Balaban J connectivity index is 0. The molecule has 86 valence electrons. The molecule has 1 N–H and O–H groups in total. The van der Waals surface area contributed by atoms with Crippen LogP contribution in [0, 0.1) is 0 Å². The molecule has 1 rings (SSSR count). The zero-order chi connectivity index (χ0) is 9.68. The summed E-state index contributed by atoms with van der Waals surface area (Å²) in [6.07, 6.45) is 0. The van der Waals surface area contributed by atoms with Crippen molar-refractivity contribution in [3.63, 3.8) is 0 Å². The Morgan fingerprint density at radius 3 is 2.47 bits per heavy atom. The highest BCUT2D eigenvalue weighted by Gasteiger charge is 2.09. The third kappa shape index (κ3) is 4.51. The fraction of sp³-hybridized carbons (Fsp3) is 0.300. The van der Waals surface area contributed by atoms with E-state index in [4.69, 9.17) is 4.74 Å². The van der Waals surface area contributed by atoms with Crippen LogP contribution in [0.5, 0.6) is 5.75 Å². The highest BCUT2D eigenvalue weighted by Crippen LogP contribution is 2.17. The molecule has 0 spiro atoms. The molecule has 0 radical (unpaired) electrons. The zero-order valence-corrected chi connectivity index (χ0v) is 10.3. The van der Waals surface area contributed by atoms with Gasteiger partial charge in [-0.2, -0.15) is 0 Å². The van der Waals surface area contributed by atoms with Crippen molar-refractivity contribution in [2.75, 3.05) is 20.7 Å². The van der Waals surface area contributed by atoms with E-state index in [0.29, 0.717) is 17.9 Å². The second-order valence-electron chi connectivity index (χ2n) is 2.65. The maximum atomic E-state index is 11.5. The molecule has 0 bridgehead atoms. The smallest absolute Gasteiger partial charge is 0.180 e. The molecular weight excluding hydrogens is 237 g/mol. The summed E-state index contributed by atoms with van der Waals surface area (Å²) in [6.45, 7) is 0.334. The number of carbonyl (C=O) groups is 1. The van der Waals surface area contributed by atoms with Crippen molar-refractivity contribution in [1.82, 2.24) is 5.32 Å². The average Bonchev–Trinajstić information content (AvgIpc) is 2.18. The van der Waals surface area contributed by atoms with Gasteiger partial charge >= 0.3 is 0 Å². The number of nitrogens with one attached hydrogen (secondary N) is 1. The second-order valence-corrected chi connectivity index (χ2v) is 2.65. The van der Waals surface area contributed by atoms with Gasteiger partial charge in [-0.15, -0.1) is 24.8 Å². The van der Waals surface area contributed by atoms with Crippen molar-refractivity contribution in [3.8, 4) is 5.75 Å². The van der Waals surface area contributed by atoms with E-state index in [1.807, 2.05) is 12.1 Å². The number of para-hydroxylation sites is 1. The molecule has 0 atom stereocenters. The molecule has 0 saturated carbocycles. The Bertz CT molecular complexity index is 305. The highest BCUT2D eigenvalue weighted by molar-refractivity contribution is 6.00. The van der Waals surface area contributed by atoms with Gasteiger partial charge in [-0.3, -0.25) is 4.79 Å². The Morgan fingerprint density at radius 2 is 1.93 bits per heavy atom. The number of Topliss-reactive ketones (excluding diaryl/α,β-unsaturated/α-hetero) is 1. The summed E-state index contributed by atoms with van der Waals surface area (Å²) in [6, 6.07) is 7.21. The number of carbonyl (C=O) groups excluding carboxylic acids is 1. The number of methoxy groups -OCH3 is 1. The monoisotopic (exact) mass is 251 g/mol. The molecule has 0 aliphatic heterocycles. The standard InChI is InChI=1S/C10H13NO2.2ClH/c1-11-7-9(12)8-5-3-4-6-10(8)13-2;;/h3-6,11H,7H2,1-2H3;2*1H.